The van der Waals surface area contributed by atoms with Gasteiger partial charge in [0.2, 0.25) is 5.91 Å². The molecule has 3 N–H and O–H groups in total. The zero-order valence-corrected chi connectivity index (χ0v) is 12.6. The number of hydrogen-bond donors (Lipinski definition) is 2. The molecule has 1 rings (SSSR count). The molecule has 130 valence electrons. The zero-order valence-electron chi connectivity index (χ0n) is 12.6. The molecule has 0 aromatic heterocycles. The number of primary amides is 1. The highest BCUT2D eigenvalue weighted by Crippen LogP contribution is 2.15. The first-order valence-electron chi connectivity index (χ1n) is 6.84. The Labute approximate surface area is 135 Å². The summed E-state index contributed by atoms with van der Waals surface area (Å²) in [6.45, 7) is 1.76. The molecule has 0 aliphatic heterocycles. The van der Waals surface area contributed by atoms with Crippen LogP contribution in [0.15, 0.2) is 24.3 Å². The van der Waals surface area contributed by atoms with Gasteiger partial charge < -0.3 is 15.8 Å². The lowest BCUT2D eigenvalue weighted by Gasteiger charge is -2.14. The minimum Gasteiger partial charge on any atom is -0.463 e. The third-order valence-corrected chi connectivity index (χ3v) is 2.80. The maximum atomic E-state index is 13.5. The van der Waals surface area contributed by atoms with Crippen molar-refractivity contribution in [3.63, 3.8) is 0 Å². The summed E-state index contributed by atoms with van der Waals surface area (Å²) >= 11 is 0. The van der Waals surface area contributed by atoms with Gasteiger partial charge >= 0.3 is 5.97 Å². The summed E-state index contributed by atoms with van der Waals surface area (Å²) in [5.41, 5.74) is 4.04. The first kappa shape index (κ1) is 19.2. The van der Waals surface area contributed by atoms with Crippen molar-refractivity contribution in [3.05, 3.63) is 47.3 Å². The van der Waals surface area contributed by atoms with Gasteiger partial charge in [-0.05, 0) is 13.3 Å². The predicted octanol–water partition coefficient (Wildman–Crippen LogP) is 1.20. The van der Waals surface area contributed by atoms with E-state index in [-0.39, 0.29) is 13.0 Å². The minimum atomic E-state index is -1.42. The molecular weight excluding hydrogens is 329 g/mol. The number of nitrogens with one attached hydrogen (secondary N) is 1. The van der Waals surface area contributed by atoms with Crippen LogP contribution >= 0.6 is 0 Å². The fourth-order valence-electron chi connectivity index (χ4n) is 1.73. The fraction of sp³-hybridized carbons (Fsp3) is 0.267. The number of ether oxygens (including phenoxy) is 1. The van der Waals surface area contributed by atoms with Crippen LogP contribution in [0.3, 0.4) is 0 Å². The van der Waals surface area contributed by atoms with Gasteiger partial charge in [-0.2, -0.15) is 0 Å². The topological polar surface area (TPSA) is 98.5 Å². The Morgan fingerprint density at radius 2 is 1.83 bits per heavy atom. The van der Waals surface area contributed by atoms with E-state index in [1.807, 2.05) is 5.32 Å². The second-order valence-electron chi connectivity index (χ2n) is 4.56. The SMILES string of the molecule is CCOC(=O)/C=C/C[C@H](NC(=O)c1c(F)cc(F)cc1F)C(N)=O. The Bertz CT molecular complexity index is 654. The molecule has 24 heavy (non-hydrogen) atoms. The van der Waals surface area contributed by atoms with E-state index in [0.29, 0.717) is 12.1 Å². The summed E-state index contributed by atoms with van der Waals surface area (Å²) in [5, 5.41) is 2.02. The van der Waals surface area contributed by atoms with Crippen molar-refractivity contribution in [1.82, 2.24) is 5.32 Å². The van der Waals surface area contributed by atoms with E-state index in [9.17, 15) is 27.6 Å². The Morgan fingerprint density at radius 1 is 1.25 bits per heavy atom. The molecule has 1 aromatic rings. The molecule has 1 atom stereocenters. The highest BCUT2D eigenvalue weighted by atomic mass is 19.1. The van der Waals surface area contributed by atoms with Crippen LogP contribution in [0.2, 0.25) is 0 Å². The van der Waals surface area contributed by atoms with Gasteiger partial charge in [-0.25, -0.2) is 18.0 Å². The summed E-state index contributed by atoms with van der Waals surface area (Å²) in [6.07, 6.45) is 2.03. The van der Waals surface area contributed by atoms with E-state index >= 15 is 0 Å². The highest BCUT2D eigenvalue weighted by Gasteiger charge is 2.23. The number of carbonyl (C=O) groups excluding carboxylic acids is 3. The van der Waals surface area contributed by atoms with Gasteiger partial charge in [0.05, 0.1) is 6.61 Å². The van der Waals surface area contributed by atoms with Gasteiger partial charge in [-0.15, -0.1) is 0 Å². The largest absolute Gasteiger partial charge is 0.463 e. The predicted molar refractivity (Wildman–Crippen MR) is 77.2 cm³/mol. The molecule has 0 bridgehead atoms. The Hall–Kier alpha value is -2.84. The number of carbonyl (C=O) groups is 3. The van der Waals surface area contributed by atoms with E-state index in [0.717, 1.165) is 6.08 Å². The summed E-state index contributed by atoms with van der Waals surface area (Å²) in [7, 11) is 0. The van der Waals surface area contributed by atoms with E-state index in [1.165, 1.54) is 6.08 Å². The van der Waals surface area contributed by atoms with Gasteiger partial charge in [0.25, 0.3) is 5.91 Å². The molecule has 0 saturated carbocycles. The maximum absolute atomic E-state index is 13.5. The van der Waals surface area contributed by atoms with Crippen LogP contribution in [0.1, 0.15) is 23.7 Å². The monoisotopic (exact) mass is 344 g/mol. The Morgan fingerprint density at radius 3 is 2.33 bits per heavy atom. The van der Waals surface area contributed by atoms with Crippen molar-refractivity contribution in [2.24, 2.45) is 5.73 Å². The van der Waals surface area contributed by atoms with Crippen molar-refractivity contribution in [2.45, 2.75) is 19.4 Å². The molecule has 0 saturated heterocycles. The molecule has 9 heteroatoms. The number of nitrogens with two attached hydrogens (primary N) is 1. The van der Waals surface area contributed by atoms with Crippen molar-refractivity contribution >= 4 is 17.8 Å². The van der Waals surface area contributed by atoms with E-state index in [2.05, 4.69) is 4.74 Å². The highest BCUT2D eigenvalue weighted by molar-refractivity contribution is 5.97. The number of esters is 1. The molecule has 0 aliphatic rings. The second kappa shape index (κ2) is 8.70. The van der Waals surface area contributed by atoms with E-state index in [4.69, 9.17) is 5.73 Å². The second-order valence-corrected chi connectivity index (χ2v) is 4.56. The van der Waals surface area contributed by atoms with Gasteiger partial charge in [0.1, 0.15) is 29.1 Å². The lowest BCUT2D eigenvalue weighted by atomic mass is 10.1. The Balaban J connectivity index is 2.84. The molecule has 6 nitrogen and oxygen atoms in total. The smallest absolute Gasteiger partial charge is 0.330 e. The van der Waals surface area contributed by atoms with Crippen molar-refractivity contribution in [1.29, 1.82) is 0 Å². The fourth-order valence-corrected chi connectivity index (χ4v) is 1.73. The summed E-state index contributed by atoms with van der Waals surface area (Å²) in [4.78, 5) is 34.3. The average Bonchev–Trinajstić information content (AvgIpc) is 2.45. The quantitative estimate of drug-likeness (QED) is 0.573. The molecule has 0 fully saturated rings. The van der Waals surface area contributed by atoms with Gasteiger partial charge in [0, 0.05) is 18.2 Å². The molecule has 0 radical (unpaired) electrons. The van der Waals surface area contributed by atoms with Crippen LogP contribution in [0.5, 0.6) is 0 Å². The molecule has 0 unspecified atom stereocenters. The van der Waals surface area contributed by atoms with Crippen LogP contribution in [-0.4, -0.2) is 30.4 Å². The van der Waals surface area contributed by atoms with Crippen molar-refractivity contribution in [2.75, 3.05) is 6.61 Å². The number of benzene rings is 1. The van der Waals surface area contributed by atoms with Crippen molar-refractivity contribution in [3.8, 4) is 0 Å². The Kier molecular flexibility index (Phi) is 6.97. The molecular formula is C15H15F3N2O4. The van der Waals surface area contributed by atoms with Gasteiger partial charge in [0.15, 0.2) is 0 Å². The number of halogens is 3. The van der Waals surface area contributed by atoms with Gasteiger partial charge in [-0.3, -0.25) is 9.59 Å². The van der Waals surface area contributed by atoms with Crippen LogP contribution < -0.4 is 11.1 Å². The van der Waals surface area contributed by atoms with E-state index in [1.54, 1.807) is 6.92 Å². The zero-order chi connectivity index (χ0) is 18.3. The third kappa shape index (κ3) is 5.41. The first-order valence-corrected chi connectivity index (χ1v) is 6.84. The average molecular weight is 344 g/mol. The maximum Gasteiger partial charge on any atom is 0.330 e. The number of hydrogen-bond acceptors (Lipinski definition) is 4. The van der Waals surface area contributed by atoms with Crippen LogP contribution in [0, 0.1) is 17.5 Å². The third-order valence-electron chi connectivity index (χ3n) is 2.80. The lowest BCUT2D eigenvalue weighted by molar-refractivity contribution is -0.137. The molecule has 0 aliphatic carbocycles. The molecule has 1 aromatic carbocycles. The number of amides is 2. The summed E-state index contributed by atoms with van der Waals surface area (Å²) in [5.74, 6) is -6.96. The van der Waals surface area contributed by atoms with E-state index < -0.39 is 46.8 Å². The van der Waals surface area contributed by atoms with Crippen molar-refractivity contribution < 1.29 is 32.3 Å². The molecule has 2 amide bonds. The summed E-state index contributed by atoms with van der Waals surface area (Å²) in [6, 6.07) is -0.664. The molecule has 0 heterocycles. The first-order chi connectivity index (χ1) is 11.3. The van der Waals surface area contributed by atoms with Crippen LogP contribution in [0.25, 0.3) is 0 Å². The normalized spacial score (nSPS) is 12.0. The number of rotatable bonds is 7. The molecule has 0 spiro atoms. The lowest BCUT2D eigenvalue weighted by Crippen LogP contribution is -2.44. The standard InChI is InChI=1S/C15H15F3N2O4/c1-2-24-12(21)5-3-4-11(14(19)22)20-15(23)13-9(17)6-8(16)7-10(13)18/h3,5-7,11H,2,4H2,1H3,(H2,19,22)(H,20,23)/b5-3+/t11-/m0/s1. The van der Waals surface area contributed by atoms with Crippen LogP contribution in [-0.2, 0) is 14.3 Å². The summed E-state index contributed by atoms with van der Waals surface area (Å²) < 4.78 is 44.5. The van der Waals surface area contributed by atoms with Gasteiger partial charge in [-0.1, -0.05) is 6.08 Å². The minimum absolute atomic E-state index is 0.155. The van der Waals surface area contributed by atoms with Crippen LogP contribution in [0.4, 0.5) is 13.2 Å².